The first-order valence-corrected chi connectivity index (χ1v) is 6.36. The zero-order chi connectivity index (χ0) is 13.3. The summed E-state index contributed by atoms with van der Waals surface area (Å²) in [5.41, 5.74) is 1.93. The molecule has 0 spiro atoms. The molecular weight excluding hydrogens is 242 g/mol. The molecule has 1 saturated heterocycles. The summed E-state index contributed by atoms with van der Waals surface area (Å²) >= 11 is 0. The highest BCUT2D eigenvalue weighted by atomic mass is 16.5. The van der Waals surface area contributed by atoms with E-state index in [1.165, 1.54) is 5.56 Å². The van der Waals surface area contributed by atoms with Gasteiger partial charge in [0.05, 0.1) is 30.8 Å². The Labute approximate surface area is 111 Å². The third-order valence-corrected chi connectivity index (χ3v) is 3.57. The lowest BCUT2D eigenvalue weighted by molar-refractivity contribution is -0.128. The number of fused-ring (bicyclic) bond motifs is 1. The highest BCUT2D eigenvalue weighted by Gasteiger charge is 2.38. The summed E-state index contributed by atoms with van der Waals surface area (Å²) in [6.45, 7) is 4.02. The van der Waals surface area contributed by atoms with Gasteiger partial charge in [0.1, 0.15) is 12.1 Å². The predicted molar refractivity (Wildman–Crippen MR) is 73.1 cm³/mol. The van der Waals surface area contributed by atoms with Crippen molar-refractivity contribution < 1.29 is 9.84 Å². The van der Waals surface area contributed by atoms with Gasteiger partial charge in [0.25, 0.3) is 0 Å². The van der Waals surface area contributed by atoms with Crippen molar-refractivity contribution in [3.8, 4) is 0 Å². The lowest BCUT2D eigenvalue weighted by Crippen LogP contribution is -2.50. The first-order valence-electron chi connectivity index (χ1n) is 6.36. The van der Waals surface area contributed by atoms with E-state index in [2.05, 4.69) is 21.4 Å². The van der Waals surface area contributed by atoms with E-state index in [0.717, 1.165) is 16.7 Å². The Morgan fingerprint density at radius 3 is 2.89 bits per heavy atom. The summed E-state index contributed by atoms with van der Waals surface area (Å²) in [5, 5.41) is 13.7. The fraction of sp³-hybridized carbons (Fsp3) is 0.429. The third-order valence-electron chi connectivity index (χ3n) is 3.57. The Bertz CT molecular complexity index is 591. The number of aliphatic hydroxyl groups excluding tert-OH is 1. The highest BCUT2D eigenvalue weighted by molar-refractivity contribution is 5.89. The van der Waals surface area contributed by atoms with Gasteiger partial charge in [-0.25, -0.2) is 9.97 Å². The molecule has 0 unspecified atom stereocenters. The van der Waals surface area contributed by atoms with Crippen molar-refractivity contribution in [2.45, 2.75) is 6.92 Å². The molecule has 2 aromatic rings. The molecule has 5 nitrogen and oxygen atoms in total. The molecule has 0 saturated carbocycles. The van der Waals surface area contributed by atoms with Crippen molar-refractivity contribution >= 4 is 16.7 Å². The molecule has 100 valence electrons. The van der Waals surface area contributed by atoms with E-state index in [4.69, 9.17) is 4.74 Å². The van der Waals surface area contributed by atoms with Crippen LogP contribution in [0.15, 0.2) is 24.5 Å². The molecule has 1 aliphatic rings. The van der Waals surface area contributed by atoms with Crippen LogP contribution in [0.2, 0.25) is 0 Å². The van der Waals surface area contributed by atoms with Gasteiger partial charge in [-0.15, -0.1) is 0 Å². The molecule has 0 amide bonds. The zero-order valence-corrected chi connectivity index (χ0v) is 10.9. The van der Waals surface area contributed by atoms with Crippen LogP contribution in [0.3, 0.4) is 0 Å². The van der Waals surface area contributed by atoms with E-state index < -0.39 is 0 Å². The Morgan fingerprint density at radius 2 is 2.21 bits per heavy atom. The Balaban J connectivity index is 1.86. The molecule has 0 bridgehead atoms. The van der Waals surface area contributed by atoms with E-state index in [9.17, 15) is 5.11 Å². The average molecular weight is 259 g/mol. The minimum absolute atomic E-state index is 0.127. The summed E-state index contributed by atoms with van der Waals surface area (Å²) < 4.78 is 5.19. The fourth-order valence-corrected chi connectivity index (χ4v) is 2.22. The normalized spacial score (nSPS) is 17.2. The molecular formula is C14H17N3O2. The maximum Gasteiger partial charge on any atom is 0.137 e. The number of aryl methyl sites for hydroxylation is 1. The summed E-state index contributed by atoms with van der Waals surface area (Å²) in [4.78, 5) is 8.56. The second kappa shape index (κ2) is 4.75. The molecule has 1 aliphatic heterocycles. The maximum absolute atomic E-state index is 9.42. The largest absolute Gasteiger partial charge is 0.396 e. The van der Waals surface area contributed by atoms with Crippen molar-refractivity contribution in [3.63, 3.8) is 0 Å². The van der Waals surface area contributed by atoms with Gasteiger partial charge in [-0.3, -0.25) is 0 Å². The number of nitrogens with zero attached hydrogens (tertiary/aromatic N) is 2. The topological polar surface area (TPSA) is 67.3 Å². The summed E-state index contributed by atoms with van der Waals surface area (Å²) in [6, 6.07) is 6.10. The quantitative estimate of drug-likeness (QED) is 0.867. The number of rotatable bonds is 4. The molecule has 5 heteroatoms. The Hall–Kier alpha value is -1.72. The molecule has 1 fully saturated rings. The number of hydrogen-bond acceptors (Lipinski definition) is 5. The average Bonchev–Trinajstić information content (AvgIpc) is 2.38. The van der Waals surface area contributed by atoms with Crippen LogP contribution in [0.5, 0.6) is 0 Å². The van der Waals surface area contributed by atoms with Crippen LogP contribution in [0.25, 0.3) is 10.9 Å². The van der Waals surface area contributed by atoms with Crippen LogP contribution >= 0.6 is 0 Å². The SMILES string of the molecule is Cc1ccc2ncnc(NCC3(CO)COC3)c2c1. The van der Waals surface area contributed by atoms with Gasteiger partial charge in [0, 0.05) is 11.9 Å². The van der Waals surface area contributed by atoms with Crippen LogP contribution in [-0.4, -0.2) is 41.4 Å². The first-order chi connectivity index (χ1) is 9.22. The van der Waals surface area contributed by atoms with Gasteiger partial charge in [0.15, 0.2) is 0 Å². The van der Waals surface area contributed by atoms with Gasteiger partial charge in [-0.1, -0.05) is 11.6 Å². The molecule has 0 radical (unpaired) electrons. The van der Waals surface area contributed by atoms with Gasteiger partial charge in [-0.05, 0) is 19.1 Å². The highest BCUT2D eigenvalue weighted by Crippen LogP contribution is 2.28. The number of aromatic nitrogens is 2. The van der Waals surface area contributed by atoms with E-state index in [-0.39, 0.29) is 12.0 Å². The molecule has 1 aromatic heterocycles. The van der Waals surface area contributed by atoms with Crippen molar-refractivity contribution in [2.75, 3.05) is 31.7 Å². The van der Waals surface area contributed by atoms with Crippen molar-refractivity contribution in [2.24, 2.45) is 5.41 Å². The van der Waals surface area contributed by atoms with Gasteiger partial charge in [-0.2, -0.15) is 0 Å². The van der Waals surface area contributed by atoms with E-state index in [1.54, 1.807) is 6.33 Å². The maximum atomic E-state index is 9.42. The van der Waals surface area contributed by atoms with Crippen LogP contribution in [0.4, 0.5) is 5.82 Å². The molecule has 2 heterocycles. The number of hydrogen-bond donors (Lipinski definition) is 2. The van der Waals surface area contributed by atoms with Gasteiger partial charge >= 0.3 is 0 Å². The predicted octanol–water partition coefficient (Wildman–Crippen LogP) is 1.36. The van der Waals surface area contributed by atoms with E-state index in [1.807, 2.05) is 19.1 Å². The Morgan fingerprint density at radius 1 is 1.37 bits per heavy atom. The number of benzene rings is 1. The minimum atomic E-state index is -0.166. The standard InChI is InChI=1S/C14H17N3O2/c1-10-2-3-12-11(4-10)13(17-9-16-12)15-5-14(6-18)7-19-8-14/h2-4,9,18H,5-8H2,1H3,(H,15,16,17). The molecule has 19 heavy (non-hydrogen) atoms. The molecule has 0 atom stereocenters. The summed E-state index contributed by atoms with van der Waals surface area (Å²) in [7, 11) is 0. The van der Waals surface area contributed by atoms with E-state index in [0.29, 0.717) is 19.8 Å². The van der Waals surface area contributed by atoms with Gasteiger partial charge in [0.2, 0.25) is 0 Å². The van der Waals surface area contributed by atoms with Crippen LogP contribution in [0.1, 0.15) is 5.56 Å². The molecule has 3 rings (SSSR count). The van der Waals surface area contributed by atoms with Crippen molar-refractivity contribution in [3.05, 3.63) is 30.1 Å². The smallest absolute Gasteiger partial charge is 0.137 e. The number of nitrogens with one attached hydrogen (secondary N) is 1. The number of anilines is 1. The number of aliphatic hydroxyl groups is 1. The number of ether oxygens (including phenoxy) is 1. The fourth-order valence-electron chi connectivity index (χ4n) is 2.22. The lowest BCUT2D eigenvalue weighted by Gasteiger charge is -2.40. The zero-order valence-electron chi connectivity index (χ0n) is 10.9. The van der Waals surface area contributed by atoms with Crippen molar-refractivity contribution in [1.82, 2.24) is 9.97 Å². The summed E-state index contributed by atoms with van der Waals surface area (Å²) in [5.74, 6) is 0.813. The van der Waals surface area contributed by atoms with E-state index >= 15 is 0 Å². The van der Waals surface area contributed by atoms with Gasteiger partial charge < -0.3 is 15.2 Å². The molecule has 2 N–H and O–H groups in total. The van der Waals surface area contributed by atoms with Crippen LogP contribution in [0, 0.1) is 12.3 Å². The third kappa shape index (κ3) is 2.27. The van der Waals surface area contributed by atoms with Crippen molar-refractivity contribution in [1.29, 1.82) is 0 Å². The second-order valence-electron chi connectivity index (χ2n) is 5.25. The van der Waals surface area contributed by atoms with Crippen LogP contribution < -0.4 is 5.32 Å². The lowest BCUT2D eigenvalue weighted by atomic mass is 9.87. The molecule has 0 aliphatic carbocycles. The summed E-state index contributed by atoms with van der Waals surface area (Å²) in [6.07, 6.45) is 1.56. The van der Waals surface area contributed by atoms with Crippen LogP contribution in [-0.2, 0) is 4.74 Å². The first kappa shape index (κ1) is 12.3. The monoisotopic (exact) mass is 259 g/mol. The Kier molecular flexibility index (Phi) is 3.08. The molecule has 1 aromatic carbocycles. The minimum Gasteiger partial charge on any atom is -0.396 e. The second-order valence-corrected chi connectivity index (χ2v) is 5.25.